The van der Waals surface area contributed by atoms with Gasteiger partial charge in [-0.25, -0.2) is 4.39 Å². The Hall–Kier alpha value is -1.09. The number of ether oxygens (including phenoxy) is 1. The molecule has 70 valence electrons. The average Bonchev–Trinajstić information content (AvgIpc) is 2.09. The minimum atomic E-state index is -0.475. The Morgan fingerprint density at radius 3 is 2.85 bits per heavy atom. The fourth-order valence-corrected chi connectivity index (χ4v) is 1.32. The lowest BCUT2D eigenvalue weighted by Crippen LogP contribution is -1.95. The van der Waals surface area contributed by atoms with Crippen LogP contribution in [0.5, 0.6) is 5.75 Å². The third kappa shape index (κ3) is 2.18. The summed E-state index contributed by atoms with van der Waals surface area (Å²) in [5.41, 5.74) is 0.514. The highest BCUT2D eigenvalue weighted by molar-refractivity contribution is 6.31. The zero-order valence-corrected chi connectivity index (χ0v) is 7.77. The molecule has 13 heavy (non-hydrogen) atoms. The fraction of sp³-hybridized carbons (Fsp3) is 0.222. The van der Waals surface area contributed by atoms with E-state index in [1.807, 2.05) is 0 Å². The monoisotopic (exact) mass is 202 g/mol. The van der Waals surface area contributed by atoms with Crippen LogP contribution in [0.25, 0.3) is 0 Å². The molecule has 0 radical (unpaired) electrons. The molecule has 1 rings (SSSR count). The third-order valence-corrected chi connectivity index (χ3v) is 1.96. The van der Waals surface area contributed by atoms with Gasteiger partial charge in [-0.1, -0.05) is 11.6 Å². The molecule has 0 N–H and O–H groups in total. The zero-order chi connectivity index (χ0) is 9.84. The van der Waals surface area contributed by atoms with E-state index in [9.17, 15) is 9.18 Å². The van der Waals surface area contributed by atoms with Crippen LogP contribution in [0, 0.1) is 5.82 Å². The summed E-state index contributed by atoms with van der Waals surface area (Å²) >= 11 is 5.71. The molecule has 0 fully saturated rings. The highest BCUT2D eigenvalue weighted by Crippen LogP contribution is 2.27. The van der Waals surface area contributed by atoms with E-state index >= 15 is 0 Å². The first kappa shape index (κ1) is 9.99. The first-order valence-corrected chi connectivity index (χ1v) is 4.02. The van der Waals surface area contributed by atoms with Crippen LogP contribution in [0.3, 0.4) is 0 Å². The number of halogens is 2. The predicted octanol–water partition coefficient (Wildman–Crippen LogP) is 2.23. The maximum atomic E-state index is 12.8. The molecule has 0 aliphatic heterocycles. The molecule has 0 aromatic heterocycles. The molecular formula is C9H8ClFO2. The van der Waals surface area contributed by atoms with Gasteiger partial charge in [-0.05, 0) is 6.07 Å². The number of carbonyl (C=O) groups excluding carboxylic acids is 1. The summed E-state index contributed by atoms with van der Waals surface area (Å²) in [6.45, 7) is 0. The van der Waals surface area contributed by atoms with E-state index in [1.54, 1.807) is 0 Å². The van der Waals surface area contributed by atoms with Gasteiger partial charge in [0.25, 0.3) is 0 Å². The molecule has 2 nitrogen and oxygen atoms in total. The van der Waals surface area contributed by atoms with Gasteiger partial charge >= 0.3 is 0 Å². The van der Waals surface area contributed by atoms with Crippen molar-refractivity contribution in [1.29, 1.82) is 0 Å². The van der Waals surface area contributed by atoms with Gasteiger partial charge in [0.05, 0.1) is 12.1 Å². The van der Waals surface area contributed by atoms with Crippen molar-refractivity contribution in [2.45, 2.75) is 6.42 Å². The molecule has 0 unspecified atom stereocenters. The Kier molecular flexibility index (Phi) is 3.25. The molecule has 0 spiro atoms. The Bertz CT molecular complexity index is 326. The highest BCUT2D eigenvalue weighted by Gasteiger charge is 2.09. The van der Waals surface area contributed by atoms with Crippen molar-refractivity contribution >= 4 is 17.9 Å². The minimum Gasteiger partial charge on any atom is -0.496 e. The van der Waals surface area contributed by atoms with E-state index < -0.39 is 5.82 Å². The Labute approximate surface area is 80.3 Å². The largest absolute Gasteiger partial charge is 0.496 e. The van der Waals surface area contributed by atoms with Gasteiger partial charge in [0, 0.05) is 18.1 Å². The highest BCUT2D eigenvalue weighted by atomic mass is 35.5. The molecule has 0 atom stereocenters. The zero-order valence-electron chi connectivity index (χ0n) is 7.01. The van der Waals surface area contributed by atoms with Crippen molar-refractivity contribution in [2.75, 3.05) is 7.11 Å². The van der Waals surface area contributed by atoms with Crippen molar-refractivity contribution in [1.82, 2.24) is 0 Å². The lowest BCUT2D eigenvalue weighted by atomic mass is 10.1. The molecule has 0 aliphatic carbocycles. The molecule has 0 amide bonds. The molecular weight excluding hydrogens is 195 g/mol. The fourth-order valence-electron chi connectivity index (χ4n) is 1.04. The summed E-state index contributed by atoms with van der Waals surface area (Å²) in [5, 5.41) is 0.212. The standard InChI is InChI=1S/C9H8ClFO2/c1-13-9-5-6(11)4-8(10)7(9)2-3-12/h3-5H,2H2,1H3. The van der Waals surface area contributed by atoms with Crippen LogP contribution in [-0.4, -0.2) is 13.4 Å². The van der Waals surface area contributed by atoms with Gasteiger partial charge in [0.2, 0.25) is 0 Å². The summed E-state index contributed by atoms with van der Waals surface area (Å²) in [4.78, 5) is 10.3. The summed E-state index contributed by atoms with van der Waals surface area (Å²) in [6.07, 6.45) is 0.823. The van der Waals surface area contributed by atoms with Crippen molar-refractivity contribution in [2.24, 2.45) is 0 Å². The molecule has 0 aliphatic rings. The van der Waals surface area contributed by atoms with Crippen LogP contribution in [-0.2, 0) is 11.2 Å². The van der Waals surface area contributed by atoms with Crippen LogP contribution in [0.15, 0.2) is 12.1 Å². The number of carbonyl (C=O) groups is 1. The minimum absolute atomic E-state index is 0.127. The Morgan fingerprint density at radius 2 is 2.31 bits per heavy atom. The average molecular weight is 203 g/mol. The SMILES string of the molecule is COc1cc(F)cc(Cl)c1CC=O. The lowest BCUT2D eigenvalue weighted by Gasteiger charge is -2.07. The Morgan fingerprint density at radius 1 is 1.62 bits per heavy atom. The van der Waals surface area contributed by atoms with Crippen LogP contribution in [0.4, 0.5) is 4.39 Å². The van der Waals surface area contributed by atoms with Gasteiger partial charge in [-0.3, -0.25) is 0 Å². The topological polar surface area (TPSA) is 26.3 Å². The Balaban J connectivity index is 3.20. The van der Waals surface area contributed by atoms with E-state index in [-0.39, 0.29) is 11.4 Å². The van der Waals surface area contributed by atoms with E-state index in [4.69, 9.17) is 16.3 Å². The maximum Gasteiger partial charge on any atom is 0.128 e. The maximum absolute atomic E-state index is 12.8. The van der Waals surface area contributed by atoms with E-state index in [0.29, 0.717) is 17.6 Å². The first-order chi connectivity index (χ1) is 6.19. The van der Waals surface area contributed by atoms with Gasteiger partial charge in [-0.2, -0.15) is 0 Å². The van der Waals surface area contributed by atoms with Crippen molar-refractivity contribution in [3.8, 4) is 5.75 Å². The smallest absolute Gasteiger partial charge is 0.128 e. The second-order valence-electron chi connectivity index (χ2n) is 2.44. The number of hydrogen-bond acceptors (Lipinski definition) is 2. The summed E-state index contributed by atoms with van der Waals surface area (Å²) < 4.78 is 17.7. The predicted molar refractivity (Wildman–Crippen MR) is 47.7 cm³/mol. The second-order valence-corrected chi connectivity index (χ2v) is 2.85. The third-order valence-electron chi connectivity index (χ3n) is 1.63. The number of rotatable bonds is 3. The quantitative estimate of drug-likeness (QED) is 0.703. The van der Waals surface area contributed by atoms with Crippen LogP contribution >= 0.6 is 11.6 Å². The molecule has 4 heteroatoms. The summed E-state index contributed by atoms with van der Waals surface area (Å²) in [5.74, 6) is -0.173. The summed E-state index contributed by atoms with van der Waals surface area (Å²) in [6, 6.07) is 2.35. The van der Waals surface area contributed by atoms with Crippen LogP contribution in [0.1, 0.15) is 5.56 Å². The van der Waals surface area contributed by atoms with Crippen molar-refractivity contribution in [3.63, 3.8) is 0 Å². The molecule has 1 aromatic carbocycles. The van der Waals surface area contributed by atoms with E-state index in [2.05, 4.69) is 0 Å². The normalized spacial score (nSPS) is 9.77. The number of hydrogen-bond donors (Lipinski definition) is 0. The van der Waals surface area contributed by atoms with E-state index in [0.717, 1.165) is 6.07 Å². The molecule has 0 heterocycles. The first-order valence-electron chi connectivity index (χ1n) is 3.64. The van der Waals surface area contributed by atoms with E-state index in [1.165, 1.54) is 13.2 Å². The second kappa shape index (κ2) is 4.23. The van der Waals surface area contributed by atoms with Gasteiger partial charge in [0.15, 0.2) is 0 Å². The molecule has 1 aromatic rings. The summed E-state index contributed by atoms with van der Waals surface area (Å²) in [7, 11) is 1.40. The molecule has 0 saturated heterocycles. The lowest BCUT2D eigenvalue weighted by molar-refractivity contribution is -0.107. The van der Waals surface area contributed by atoms with Crippen molar-refractivity contribution in [3.05, 3.63) is 28.5 Å². The van der Waals surface area contributed by atoms with Gasteiger partial charge in [-0.15, -0.1) is 0 Å². The van der Waals surface area contributed by atoms with Gasteiger partial charge < -0.3 is 9.53 Å². The number of methoxy groups -OCH3 is 1. The van der Waals surface area contributed by atoms with Crippen LogP contribution in [0.2, 0.25) is 5.02 Å². The van der Waals surface area contributed by atoms with Crippen LogP contribution < -0.4 is 4.74 Å². The number of benzene rings is 1. The molecule has 0 saturated carbocycles. The van der Waals surface area contributed by atoms with Gasteiger partial charge in [0.1, 0.15) is 17.9 Å². The number of aldehydes is 1. The molecule has 0 bridgehead atoms. The van der Waals surface area contributed by atoms with Crippen molar-refractivity contribution < 1.29 is 13.9 Å².